The fourth-order valence-electron chi connectivity index (χ4n) is 9.08. The van der Waals surface area contributed by atoms with Gasteiger partial charge in [0.05, 0.1) is 20.6 Å². The molecule has 326 valence electrons. The molecule has 5 heteroatoms. The van der Waals surface area contributed by atoms with Crippen LogP contribution in [0.1, 0.15) is 69.1 Å². The number of nitrogens with zero attached hydrogens (tertiary/aromatic N) is 4. The number of hydrogen-bond donors (Lipinski definition) is 0. The van der Waals surface area contributed by atoms with Crippen molar-refractivity contribution in [3.63, 3.8) is 0 Å². The quantitative estimate of drug-likeness (QED) is 0.142. The molecule has 0 radical (unpaired) electrons. The monoisotopic (exact) mass is 1050 g/mol. The zero-order valence-electron chi connectivity index (χ0n) is 51.6. The van der Waals surface area contributed by atoms with Crippen LogP contribution in [-0.4, -0.2) is 9.55 Å². The number of hydrogen-bond acceptors (Lipinski definition) is 3. The van der Waals surface area contributed by atoms with Crippen molar-refractivity contribution in [3.05, 3.63) is 234 Å². The van der Waals surface area contributed by atoms with Crippen LogP contribution in [0.25, 0.3) is 61.0 Å². The summed E-state index contributed by atoms with van der Waals surface area (Å²) in [5.41, 5.74) is 5.29. The van der Waals surface area contributed by atoms with Gasteiger partial charge < -0.3 is 14.4 Å². The van der Waals surface area contributed by atoms with Crippen molar-refractivity contribution < 1.29 is 41.6 Å². The fourth-order valence-corrected chi connectivity index (χ4v) is 9.08. The molecule has 0 unspecified atom stereocenters. The van der Waals surface area contributed by atoms with Gasteiger partial charge in [0.15, 0.2) is 0 Å². The minimum atomic E-state index is -0.691. The molecule has 1 aliphatic heterocycles. The van der Waals surface area contributed by atoms with Gasteiger partial charge in [-0.15, -0.1) is 17.7 Å². The second-order valence-electron chi connectivity index (χ2n) is 17.1. The number of benzene rings is 8. The Morgan fingerprint density at radius 2 is 1.17 bits per heavy atom. The summed E-state index contributed by atoms with van der Waals surface area (Å²) >= 11 is 0. The zero-order chi connectivity index (χ0) is 57.3. The van der Waals surface area contributed by atoms with E-state index in [1.165, 1.54) is 0 Å². The van der Waals surface area contributed by atoms with E-state index in [0.717, 1.165) is 44.3 Å². The van der Waals surface area contributed by atoms with Gasteiger partial charge >= 0.3 is 0 Å². The molecule has 0 fully saturated rings. The maximum Gasteiger partial charge on any atom is 0.135 e. The summed E-state index contributed by atoms with van der Waals surface area (Å²) in [6.07, 6.45) is 2.25. The Kier molecular flexibility index (Phi) is 7.60. The van der Waals surface area contributed by atoms with Crippen LogP contribution < -0.4 is 9.80 Å². The van der Waals surface area contributed by atoms with Crippen LogP contribution in [0, 0.1) is 32.6 Å². The predicted octanol–water partition coefficient (Wildman–Crippen LogP) is 15.7. The number of rotatable bonds is 8. The first-order valence-electron chi connectivity index (χ1n) is 28.8. The van der Waals surface area contributed by atoms with Gasteiger partial charge in [0.1, 0.15) is 5.82 Å². The number of fused-ring (bicyclic) bond motifs is 4. The molecule has 0 spiro atoms. The first-order chi connectivity index (χ1) is 37.9. The molecule has 10 aromatic rings. The van der Waals surface area contributed by atoms with E-state index in [-0.39, 0.29) is 76.7 Å². The zero-order valence-corrected chi connectivity index (χ0v) is 38.9. The molecular formula is C61H49N4Pt-3. The van der Waals surface area contributed by atoms with Crippen LogP contribution in [0.15, 0.2) is 188 Å². The average molecular weight is 1050 g/mol. The third-order valence-corrected chi connectivity index (χ3v) is 12.1. The summed E-state index contributed by atoms with van der Waals surface area (Å²) in [6.45, 7) is 11.3. The SMILES string of the molecule is [2H]c1c([2H])c([2H])c(-c2c(C)c(-c3c([2H])c([2H])c([2H])c([2H])c3[2H])c(N3[CH-]N(c4[c-]c(Cc5[c-]c6c(cc5)c5ccccc5n6-c5cc(C(C)(C)C)ccn5)ccc4)c4ccccc43)c(-c3c([2H])c([2H])c([2H])c([2H])c3[2H])c2C)c([2H])c1[2H].[Pt]. The second-order valence-corrected chi connectivity index (χ2v) is 17.1. The maximum absolute atomic E-state index is 9.45. The van der Waals surface area contributed by atoms with E-state index in [1.807, 2.05) is 59.6 Å². The third-order valence-electron chi connectivity index (χ3n) is 12.1. The molecule has 8 aromatic carbocycles. The van der Waals surface area contributed by atoms with E-state index >= 15 is 0 Å². The molecule has 4 nitrogen and oxygen atoms in total. The van der Waals surface area contributed by atoms with Gasteiger partial charge in [-0.1, -0.05) is 147 Å². The Morgan fingerprint density at radius 3 is 1.80 bits per heavy atom. The van der Waals surface area contributed by atoms with Gasteiger partial charge in [-0.05, 0) is 100 Å². The van der Waals surface area contributed by atoms with Crippen molar-refractivity contribution >= 4 is 44.6 Å². The van der Waals surface area contributed by atoms with Crippen molar-refractivity contribution in [2.24, 2.45) is 0 Å². The van der Waals surface area contributed by atoms with Gasteiger partial charge in [0.2, 0.25) is 0 Å². The van der Waals surface area contributed by atoms with Gasteiger partial charge in [0, 0.05) is 61.0 Å². The minimum absolute atomic E-state index is 0. The van der Waals surface area contributed by atoms with Crippen LogP contribution >= 0.6 is 0 Å². The third kappa shape index (κ3) is 7.54. The Bertz CT molecular complexity index is 4120. The van der Waals surface area contributed by atoms with Crippen molar-refractivity contribution in [2.45, 2.75) is 46.5 Å². The van der Waals surface area contributed by atoms with E-state index < -0.39 is 90.6 Å². The smallest absolute Gasteiger partial charge is 0.135 e. The van der Waals surface area contributed by atoms with Gasteiger partial charge in [-0.3, -0.25) is 0 Å². The first kappa shape index (κ1) is 28.8. The Morgan fingerprint density at radius 1 is 0.591 bits per heavy atom. The molecule has 0 saturated heterocycles. The van der Waals surface area contributed by atoms with E-state index in [4.69, 9.17) is 17.3 Å². The molecule has 1 aliphatic rings. The van der Waals surface area contributed by atoms with Crippen LogP contribution in [0.3, 0.4) is 0 Å². The molecule has 0 aliphatic carbocycles. The molecule has 0 atom stereocenters. The Labute approximate surface area is 424 Å². The molecule has 0 amide bonds. The maximum atomic E-state index is 9.45. The summed E-state index contributed by atoms with van der Waals surface area (Å²) in [5.74, 6) is 0.775. The van der Waals surface area contributed by atoms with E-state index in [2.05, 4.69) is 67.8 Å². The van der Waals surface area contributed by atoms with Crippen molar-refractivity contribution in [2.75, 3.05) is 9.80 Å². The van der Waals surface area contributed by atoms with Crippen LogP contribution in [-0.2, 0) is 32.9 Å². The van der Waals surface area contributed by atoms with Crippen molar-refractivity contribution in [1.82, 2.24) is 9.55 Å². The van der Waals surface area contributed by atoms with E-state index in [9.17, 15) is 8.22 Å². The molecular weight excluding hydrogens is 984 g/mol. The normalized spacial score (nSPS) is 15.6. The molecule has 0 N–H and O–H groups in total. The largest absolute Gasteiger partial charge is 0.493 e. The summed E-state index contributed by atoms with van der Waals surface area (Å²) in [5, 5.41) is 2.08. The van der Waals surface area contributed by atoms with Gasteiger partial charge in [-0.25, -0.2) is 4.98 Å². The number of para-hydroxylation sites is 3. The second kappa shape index (κ2) is 17.4. The van der Waals surface area contributed by atoms with Gasteiger partial charge in [0.25, 0.3) is 0 Å². The molecule has 3 heterocycles. The fraction of sp³-hybridized carbons (Fsp3) is 0.115. The molecule has 2 aromatic heterocycles. The summed E-state index contributed by atoms with van der Waals surface area (Å²) in [4.78, 5) is 8.37. The first-order valence-corrected chi connectivity index (χ1v) is 21.3. The number of aromatic nitrogens is 2. The Hall–Kier alpha value is -7.00. The average Bonchev–Trinajstić information content (AvgIpc) is 4.17. The topological polar surface area (TPSA) is 24.3 Å². The number of anilines is 4. The summed E-state index contributed by atoms with van der Waals surface area (Å²) < 4.78 is 137. The van der Waals surface area contributed by atoms with Crippen molar-refractivity contribution in [1.29, 1.82) is 0 Å². The van der Waals surface area contributed by atoms with Crippen molar-refractivity contribution in [3.8, 4) is 39.2 Å². The molecule has 0 bridgehead atoms. The molecule has 66 heavy (non-hydrogen) atoms. The predicted molar refractivity (Wildman–Crippen MR) is 271 cm³/mol. The molecule has 0 saturated carbocycles. The van der Waals surface area contributed by atoms with E-state index in [0.29, 0.717) is 23.5 Å². The Balaban J connectivity index is 0.00000736. The van der Waals surface area contributed by atoms with Gasteiger partial charge in [-0.2, -0.15) is 53.6 Å². The minimum Gasteiger partial charge on any atom is -0.493 e. The summed E-state index contributed by atoms with van der Waals surface area (Å²) in [7, 11) is 0. The van der Waals surface area contributed by atoms with Crippen LogP contribution in [0.2, 0.25) is 0 Å². The van der Waals surface area contributed by atoms with Crippen LogP contribution in [0.5, 0.6) is 0 Å². The van der Waals surface area contributed by atoms with Crippen LogP contribution in [0.4, 0.5) is 22.7 Å². The van der Waals surface area contributed by atoms with E-state index in [1.54, 1.807) is 37.5 Å². The number of pyridine rings is 1. The standard InChI is InChI=1S/C61H49N4.Pt/c1-41-57(45-21-9-6-10-22-45)42(2)59(47-25-13-8-14-26-47)60(58(41)46-23-11-7-12-24-46)64-40-63(53-30-17-18-31-54(53)64)49-27-19-20-43(37-49)36-44-32-33-51-50-28-15-16-29-52(50)65(55(51)38-44)56-39-48(34-35-62-56)61(3,4)5;/h6-35,39-40H,36H2,1-5H3;/q-3;/i6D,7D,8D,9D,10D,11D,12D,13D,14D,21D,22D,23D,24D,25D,26D;. The summed E-state index contributed by atoms with van der Waals surface area (Å²) in [6, 6.07) is 26.9. The molecule has 11 rings (SSSR count).